The Bertz CT molecular complexity index is 754. The highest BCUT2D eigenvalue weighted by Crippen LogP contribution is 2.36. The van der Waals surface area contributed by atoms with Crippen molar-refractivity contribution in [1.82, 2.24) is 14.3 Å². The Kier molecular flexibility index (Phi) is 2.48. The molecule has 0 saturated carbocycles. The molecule has 0 saturated heterocycles. The molecule has 3 aromatic rings. The Morgan fingerprint density at radius 2 is 2.05 bits per heavy atom. The maximum absolute atomic E-state index is 5.77. The molecule has 5 nitrogen and oxygen atoms in total. The number of nitrogen functional groups attached to an aromatic ring is 1. The van der Waals surface area contributed by atoms with E-state index < -0.39 is 0 Å². The fourth-order valence-electron chi connectivity index (χ4n) is 2.52. The van der Waals surface area contributed by atoms with E-state index in [1.807, 2.05) is 32.3 Å². The monoisotopic (exact) mass is 256 g/mol. The van der Waals surface area contributed by atoms with E-state index in [-0.39, 0.29) is 0 Å². The van der Waals surface area contributed by atoms with E-state index in [2.05, 4.69) is 21.9 Å². The standard InChI is InChI=1S/C14H16N4O/c1-17-8-9(11-7-13(15)16-18(11)2)14-10(17)5-4-6-12(14)19-3/h4-8H,1-3H3,(H2,15,16). The Morgan fingerprint density at radius 1 is 1.26 bits per heavy atom. The van der Waals surface area contributed by atoms with Gasteiger partial charge in [0.05, 0.1) is 23.7 Å². The summed E-state index contributed by atoms with van der Waals surface area (Å²) in [6.07, 6.45) is 2.07. The summed E-state index contributed by atoms with van der Waals surface area (Å²) >= 11 is 0. The van der Waals surface area contributed by atoms with Gasteiger partial charge in [0.25, 0.3) is 0 Å². The Hall–Kier alpha value is -2.43. The van der Waals surface area contributed by atoms with Gasteiger partial charge in [0, 0.05) is 31.9 Å². The van der Waals surface area contributed by atoms with Crippen molar-refractivity contribution in [1.29, 1.82) is 0 Å². The number of benzene rings is 1. The number of fused-ring (bicyclic) bond motifs is 1. The molecule has 19 heavy (non-hydrogen) atoms. The molecule has 0 amide bonds. The number of aryl methyl sites for hydroxylation is 2. The average molecular weight is 256 g/mol. The van der Waals surface area contributed by atoms with Crippen LogP contribution in [0.2, 0.25) is 0 Å². The third-order valence-electron chi connectivity index (χ3n) is 3.37. The largest absolute Gasteiger partial charge is 0.496 e. The number of methoxy groups -OCH3 is 1. The van der Waals surface area contributed by atoms with Gasteiger partial charge in [-0.2, -0.15) is 5.10 Å². The normalized spacial score (nSPS) is 11.1. The number of hydrogen-bond donors (Lipinski definition) is 1. The molecule has 0 aliphatic rings. The average Bonchev–Trinajstić information content (AvgIpc) is 2.90. The molecule has 0 aliphatic heterocycles. The summed E-state index contributed by atoms with van der Waals surface area (Å²) < 4.78 is 9.34. The van der Waals surface area contributed by atoms with Gasteiger partial charge in [-0.05, 0) is 12.1 Å². The van der Waals surface area contributed by atoms with Crippen LogP contribution in [0.4, 0.5) is 5.82 Å². The zero-order valence-corrected chi connectivity index (χ0v) is 11.2. The topological polar surface area (TPSA) is 58.0 Å². The molecule has 0 unspecified atom stereocenters. The summed E-state index contributed by atoms with van der Waals surface area (Å²) in [5.74, 6) is 1.37. The van der Waals surface area contributed by atoms with Crippen molar-refractivity contribution in [3.8, 4) is 17.0 Å². The Morgan fingerprint density at radius 3 is 2.68 bits per heavy atom. The maximum Gasteiger partial charge on any atom is 0.146 e. The second-order valence-corrected chi connectivity index (χ2v) is 4.59. The molecule has 0 atom stereocenters. The summed E-state index contributed by atoms with van der Waals surface area (Å²) in [5.41, 5.74) is 8.94. The van der Waals surface area contributed by atoms with Gasteiger partial charge < -0.3 is 15.0 Å². The number of hydrogen-bond acceptors (Lipinski definition) is 3. The lowest BCUT2D eigenvalue weighted by molar-refractivity contribution is 0.420. The molecule has 0 fully saturated rings. The highest BCUT2D eigenvalue weighted by atomic mass is 16.5. The molecule has 1 aromatic carbocycles. The van der Waals surface area contributed by atoms with Crippen LogP contribution in [-0.4, -0.2) is 21.5 Å². The van der Waals surface area contributed by atoms with Crippen molar-refractivity contribution in [2.45, 2.75) is 0 Å². The van der Waals surface area contributed by atoms with Gasteiger partial charge >= 0.3 is 0 Å². The highest BCUT2D eigenvalue weighted by Gasteiger charge is 2.16. The van der Waals surface area contributed by atoms with Crippen LogP contribution in [0, 0.1) is 0 Å². The Balaban J connectivity index is 2.38. The second kappa shape index (κ2) is 4.05. The van der Waals surface area contributed by atoms with Crippen molar-refractivity contribution in [3.63, 3.8) is 0 Å². The molecule has 0 aliphatic carbocycles. The molecule has 0 radical (unpaired) electrons. The first kappa shape index (κ1) is 11.6. The van der Waals surface area contributed by atoms with Crippen molar-refractivity contribution in [3.05, 3.63) is 30.5 Å². The van der Waals surface area contributed by atoms with Crippen molar-refractivity contribution in [2.24, 2.45) is 14.1 Å². The maximum atomic E-state index is 5.77. The minimum atomic E-state index is 0.518. The quantitative estimate of drug-likeness (QED) is 0.764. The van der Waals surface area contributed by atoms with Crippen LogP contribution in [0.3, 0.4) is 0 Å². The highest BCUT2D eigenvalue weighted by molar-refractivity contribution is 6.00. The van der Waals surface area contributed by atoms with E-state index in [1.165, 1.54) is 0 Å². The van der Waals surface area contributed by atoms with E-state index in [0.29, 0.717) is 5.82 Å². The van der Waals surface area contributed by atoms with Crippen LogP contribution in [0.5, 0.6) is 5.75 Å². The van der Waals surface area contributed by atoms with E-state index in [0.717, 1.165) is 27.9 Å². The van der Waals surface area contributed by atoms with Crippen molar-refractivity contribution < 1.29 is 4.74 Å². The van der Waals surface area contributed by atoms with Crippen LogP contribution < -0.4 is 10.5 Å². The number of aromatic nitrogens is 3. The molecule has 2 N–H and O–H groups in total. The van der Waals surface area contributed by atoms with Gasteiger partial charge in [0.1, 0.15) is 11.6 Å². The predicted molar refractivity (Wildman–Crippen MR) is 76.1 cm³/mol. The molecular weight excluding hydrogens is 240 g/mol. The molecular formula is C14H16N4O. The third kappa shape index (κ3) is 1.66. The van der Waals surface area contributed by atoms with Crippen LogP contribution >= 0.6 is 0 Å². The summed E-state index contributed by atoms with van der Waals surface area (Å²) in [4.78, 5) is 0. The van der Waals surface area contributed by atoms with Gasteiger partial charge in [-0.25, -0.2) is 0 Å². The zero-order valence-electron chi connectivity index (χ0n) is 11.2. The van der Waals surface area contributed by atoms with Gasteiger partial charge in [0.2, 0.25) is 0 Å². The van der Waals surface area contributed by atoms with E-state index in [4.69, 9.17) is 10.5 Å². The fraction of sp³-hybridized carbons (Fsp3) is 0.214. The molecule has 0 spiro atoms. The molecule has 0 bridgehead atoms. The summed E-state index contributed by atoms with van der Waals surface area (Å²) in [6.45, 7) is 0. The number of anilines is 1. The van der Waals surface area contributed by atoms with E-state index in [9.17, 15) is 0 Å². The molecule has 98 valence electrons. The number of ether oxygens (including phenoxy) is 1. The Labute approximate surface area is 111 Å². The summed E-state index contributed by atoms with van der Waals surface area (Å²) in [6, 6.07) is 7.90. The van der Waals surface area contributed by atoms with E-state index in [1.54, 1.807) is 11.8 Å². The molecule has 3 rings (SSSR count). The SMILES string of the molecule is COc1cccc2c1c(-c1cc(N)nn1C)cn2C. The molecule has 2 heterocycles. The number of nitrogens with two attached hydrogens (primary N) is 1. The van der Waals surface area contributed by atoms with Crippen LogP contribution in [0.15, 0.2) is 30.5 Å². The third-order valence-corrected chi connectivity index (χ3v) is 3.37. The number of rotatable bonds is 2. The van der Waals surface area contributed by atoms with Crippen LogP contribution in [0.25, 0.3) is 22.2 Å². The first-order valence-electron chi connectivity index (χ1n) is 6.03. The van der Waals surface area contributed by atoms with E-state index >= 15 is 0 Å². The van der Waals surface area contributed by atoms with Crippen molar-refractivity contribution in [2.75, 3.05) is 12.8 Å². The summed E-state index contributed by atoms with van der Waals surface area (Å²) in [5, 5.41) is 5.28. The molecule has 5 heteroatoms. The second-order valence-electron chi connectivity index (χ2n) is 4.59. The van der Waals surface area contributed by atoms with Gasteiger partial charge in [-0.15, -0.1) is 0 Å². The van der Waals surface area contributed by atoms with Crippen molar-refractivity contribution >= 4 is 16.7 Å². The predicted octanol–water partition coefficient (Wildman–Crippen LogP) is 2.17. The minimum absolute atomic E-state index is 0.518. The fourth-order valence-corrected chi connectivity index (χ4v) is 2.52. The first-order valence-corrected chi connectivity index (χ1v) is 6.03. The lowest BCUT2D eigenvalue weighted by Gasteiger charge is -2.05. The zero-order chi connectivity index (χ0) is 13.6. The van der Waals surface area contributed by atoms with Gasteiger partial charge in [-0.1, -0.05) is 6.07 Å². The minimum Gasteiger partial charge on any atom is -0.496 e. The lowest BCUT2D eigenvalue weighted by Crippen LogP contribution is -1.94. The lowest BCUT2D eigenvalue weighted by atomic mass is 10.1. The summed E-state index contributed by atoms with van der Waals surface area (Å²) in [7, 11) is 5.59. The number of nitrogens with zero attached hydrogens (tertiary/aromatic N) is 3. The molecule has 2 aromatic heterocycles. The van der Waals surface area contributed by atoms with Crippen LogP contribution in [0.1, 0.15) is 0 Å². The first-order chi connectivity index (χ1) is 9.11. The van der Waals surface area contributed by atoms with Gasteiger partial charge in [0.15, 0.2) is 0 Å². The smallest absolute Gasteiger partial charge is 0.146 e. The van der Waals surface area contributed by atoms with Gasteiger partial charge in [-0.3, -0.25) is 4.68 Å². The van der Waals surface area contributed by atoms with Crippen LogP contribution in [-0.2, 0) is 14.1 Å².